The standard InChI is InChI=1S/C21H17F3N2S/c22-21(23,24)17-12-10-15(11-13-17)14-25-20(27)26-19-9-5-4-8-18(19)16-6-2-1-3-7-16/h1-13H,14H2,(H2,25,26,27). The van der Waals surface area contributed by atoms with Crippen LogP contribution in [0.1, 0.15) is 11.1 Å². The van der Waals surface area contributed by atoms with Gasteiger partial charge in [-0.3, -0.25) is 0 Å². The van der Waals surface area contributed by atoms with Gasteiger partial charge in [-0.05, 0) is 41.5 Å². The van der Waals surface area contributed by atoms with Crippen LogP contribution >= 0.6 is 12.2 Å². The lowest BCUT2D eigenvalue weighted by Gasteiger charge is -2.14. The van der Waals surface area contributed by atoms with Gasteiger partial charge in [-0.1, -0.05) is 60.7 Å². The van der Waals surface area contributed by atoms with Crippen molar-refractivity contribution < 1.29 is 13.2 Å². The molecule has 0 unspecified atom stereocenters. The first-order valence-electron chi connectivity index (χ1n) is 8.29. The third kappa shape index (κ3) is 5.08. The number of hydrogen-bond acceptors (Lipinski definition) is 1. The molecule has 3 aromatic rings. The molecule has 0 atom stereocenters. The van der Waals surface area contributed by atoms with E-state index in [4.69, 9.17) is 12.2 Å². The van der Waals surface area contributed by atoms with E-state index >= 15 is 0 Å². The van der Waals surface area contributed by atoms with Crippen molar-refractivity contribution in [2.45, 2.75) is 12.7 Å². The SMILES string of the molecule is FC(F)(F)c1ccc(CNC(=S)Nc2ccccc2-c2ccccc2)cc1. The molecule has 27 heavy (non-hydrogen) atoms. The summed E-state index contributed by atoms with van der Waals surface area (Å²) in [4.78, 5) is 0. The molecule has 0 saturated carbocycles. The molecule has 3 rings (SSSR count). The van der Waals surface area contributed by atoms with E-state index < -0.39 is 11.7 Å². The molecule has 0 heterocycles. The topological polar surface area (TPSA) is 24.1 Å². The number of benzene rings is 3. The molecule has 0 aromatic heterocycles. The summed E-state index contributed by atoms with van der Waals surface area (Å²) in [6, 6.07) is 22.7. The van der Waals surface area contributed by atoms with Gasteiger partial charge in [-0.15, -0.1) is 0 Å². The maximum Gasteiger partial charge on any atom is 0.416 e. The van der Waals surface area contributed by atoms with Gasteiger partial charge in [0, 0.05) is 17.8 Å². The predicted octanol–water partition coefficient (Wildman–Crippen LogP) is 5.86. The van der Waals surface area contributed by atoms with E-state index in [-0.39, 0.29) is 0 Å². The van der Waals surface area contributed by atoms with Crippen LogP contribution < -0.4 is 10.6 Å². The van der Waals surface area contributed by atoms with Gasteiger partial charge in [0.2, 0.25) is 0 Å². The molecule has 0 fully saturated rings. The zero-order valence-electron chi connectivity index (χ0n) is 14.3. The number of thiocarbonyl (C=S) groups is 1. The first kappa shape index (κ1) is 18.9. The third-order valence-corrected chi connectivity index (χ3v) is 4.24. The minimum absolute atomic E-state index is 0.331. The first-order chi connectivity index (χ1) is 12.9. The Morgan fingerprint density at radius 1 is 0.815 bits per heavy atom. The maximum absolute atomic E-state index is 12.6. The van der Waals surface area contributed by atoms with Crippen molar-refractivity contribution in [1.82, 2.24) is 5.32 Å². The van der Waals surface area contributed by atoms with Crippen LogP contribution in [0.5, 0.6) is 0 Å². The summed E-state index contributed by atoms with van der Waals surface area (Å²) in [7, 11) is 0. The summed E-state index contributed by atoms with van der Waals surface area (Å²) >= 11 is 5.33. The van der Waals surface area contributed by atoms with E-state index in [1.54, 1.807) is 0 Å². The molecule has 0 aliphatic carbocycles. The van der Waals surface area contributed by atoms with Crippen LogP contribution in [-0.2, 0) is 12.7 Å². The van der Waals surface area contributed by atoms with Crippen LogP contribution in [-0.4, -0.2) is 5.11 Å². The average molecular weight is 386 g/mol. The Labute approximate surface area is 161 Å². The van der Waals surface area contributed by atoms with E-state index in [1.165, 1.54) is 12.1 Å². The van der Waals surface area contributed by atoms with Gasteiger partial charge in [-0.25, -0.2) is 0 Å². The minimum Gasteiger partial charge on any atom is -0.358 e. The van der Waals surface area contributed by atoms with Crippen LogP contribution in [0.3, 0.4) is 0 Å². The quantitative estimate of drug-likeness (QED) is 0.549. The Hall–Kier alpha value is -2.86. The molecule has 0 spiro atoms. The second-order valence-electron chi connectivity index (χ2n) is 5.91. The highest BCUT2D eigenvalue weighted by molar-refractivity contribution is 7.80. The summed E-state index contributed by atoms with van der Waals surface area (Å²) in [5.41, 5.74) is 2.98. The zero-order valence-corrected chi connectivity index (χ0v) is 15.1. The smallest absolute Gasteiger partial charge is 0.358 e. The lowest BCUT2D eigenvalue weighted by Crippen LogP contribution is -2.28. The fourth-order valence-electron chi connectivity index (χ4n) is 2.62. The highest BCUT2D eigenvalue weighted by atomic mass is 32.1. The van der Waals surface area contributed by atoms with Crippen molar-refractivity contribution in [3.8, 4) is 11.1 Å². The lowest BCUT2D eigenvalue weighted by atomic mass is 10.0. The van der Waals surface area contributed by atoms with Crippen molar-refractivity contribution in [3.63, 3.8) is 0 Å². The molecule has 6 heteroatoms. The summed E-state index contributed by atoms with van der Waals surface area (Å²) in [5.74, 6) is 0. The number of rotatable bonds is 4. The van der Waals surface area contributed by atoms with E-state index in [9.17, 15) is 13.2 Å². The monoisotopic (exact) mass is 386 g/mol. The first-order valence-corrected chi connectivity index (χ1v) is 8.70. The normalized spacial score (nSPS) is 11.1. The number of anilines is 1. The average Bonchev–Trinajstić information content (AvgIpc) is 2.67. The van der Waals surface area contributed by atoms with Crippen molar-refractivity contribution in [3.05, 3.63) is 90.0 Å². The van der Waals surface area contributed by atoms with Gasteiger partial charge in [0.1, 0.15) is 0 Å². The van der Waals surface area contributed by atoms with Crippen molar-refractivity contribution in [2.24, 2.45) is 0 Å². The second-order valence-corrected chi connectivity index (χ2v) is 6.32. The van der Waals surface area contributed by atoms with Gasteiger partial charge in [0.25, 0.3) is 0 Å². The number of hydrogen-bond donors (Lipinski definition) is 2. The Balaban J connectivity index is 1.64. The van der Waals surface area contributed by atoms with E-state index in [0.717, 1.165) is 28.9 Å². The predicted molar refractivity (Wildman–Crippen MR) is 106 cm³/mol. The molecular weight excluding hydrogens is 369 g/mol. The zero-order chi connectivity index (χ0) is 19.3. The van der Waals surface area contributed by atoms with Crippen molar-refractivity contribution in [1.29, 1.82) is 0 Å². The second kappa shape index (κ2) is 8.22. The largest absolute Gasteiger partial charge is 0.416 e. The van der Waals surface area contributed by atoms with E-state index in [1.807, 2.05) is 54.6 Å². The molecule has 0 bridgehead atoms. The molecule has 2 nitrogen and oxygen atoms in total. The van der Waals surface area contributed by atoms with Crippen LogP contribution in [0.15, 0.2) is 78.9 Å². The molecule has 0 amide bonds. The number of alkyl halides is 3. The third-order valence-electron chi connectivity index (χ3n) is 3.99. The number of para-hydroxylation sites is 1. The summed E-state index contributed by atoms with van der Waals surface area (Å²) < 4.78 is 37.8. The van der Waals surface area contributed by atoms with Crippen molar-refractivity contribution in [2.75, 3.05) is 5.32 Å². The van der Waals surface area contributed by atoms with E-state index in [2.05, 4.69) is 10.6 Å². The fourth-order valence-corrected chi connectivity index (χ4v) is 2.80. The van der Waals surface area contributed by atoms with Crippen LogP contribution in [0.4, 0.5) is 18.9 Å². The van der Waals surface area contributed by atoms with Gasteiger partial charge in [0.05, 0.1) is 5.56 Å². The maximum atomic E-state index is 12.6. The molecule has 0 radical (unpaired) electrons. The Bertz CT molecular complexity index is 907. The Kier molecular flexibility index (Phi) is 5.76. The minimum atomic E-state index is -4.33. The molecular formula is C21H17F3N2S. The molecule has 0 saturated heterocycles. The van der Waals surface area contributed by atoms with Gasteiger partial charge >= 0.3 is 6.18 Å². The summed E-state index contributed by atoms with van der Waals surface area (Å²) in [5, 5.41) is 6.58. The highest BCUT2D eigenvalue weighted by Gasteiger charge is 2.29. The Morgan fingerprint density at radius 2 is 1.44 bits per heavy atom. The Morgan fingerprint density at radius 3 is 2.11 bits per heavy atom. The van der Waals surface area contributed by atoms with Crippen LogP contribution in [0.25, 0.3) is 11.1 Å². The van der Waals surface area contributed by atoms with Crippen molar-refractivity contribution >= 4 is 23.0 Å². The molecule has 0 aliphatic rings. The lowest BCUT2D eigenvalue weighted by molar-refractivity contribution is -0.137. The number of nitrogens with one attached hydrogen (secondary N) is 2. The van der Waals surface area contributed by atoms with Gasteiger partial charge in [0.15, 0.2) is 5.11 Å². The molecule has 138 valence electrons. The van der Waals surface area contributed by atoms with Crippen LogP contribution in [0, 0.1) is 0 Å². The summed E-state index contributed by atoms with van der Waals surface area (Å²) in [6.07, 6.45) is -4.33. The van der Waals surface area contributed by atoms with E-state index in [0.29, 0.717) is 17.2 Å². The van der Waals surface area contributed by atoms with Crippen LogP contribution in [0.2, 0.25) is 0 Å². The molecule has 0 aliphatic heterocycles. The molecule has 2 N–H and O–H groups in total. The van der Waals surface area contributed by atoms with Gasteiger partial charge in [-0.2, -0.15) is 13.2 Å². The van der Waals surface area contributed by atoms with Gasteiger partial charge < -0.3 is 10.6 Å². The fraction of sp³-hybridized carbons (Fsp3) is 0.0952. The summed E-state index contributed by atoms with van der Waals surface area (Å²) in [6.45, 7) is 0.331. The number of halogens is 3. The highest BCUT2D eigenvalue weighted by Crippen LogP contribution is 2.29. The molecule has 3 aromatic carbocycles.